The normalized spacial score (nSPS) is 17.2. The summed E-state index contributed by atoms with van der Waals surface area (Å²) in [5.74, 6) is 0. The molecule has 1 atom stereocenters. The molecule has 1 unspecified atom stereocenters. The fourth-order valence-electron chi connectivity index (χ4n) is 3.15. The molecule has 3 aromatic carbocycles. The van der Waals surface area contributed by atoms with Crippen LogP contribution in [-0.2, 0) is 11.2 Å². The summed E-state index contributed by atoms with van der Waals surface area (Å²) in [5, 5.41) is 6.08. The molecule has 0 radical (unpaired) electrons. The van der Waals surface area contributed by atoms with Crippen molar-refractivity contribution in [3.8, 4) is 0 Å². The van der Waals surface area contributed by atoms with Crippen molar-refractivity contribution in [2.75, 3.05) is 11.9 Å². The van der Waals surface area contributed by atoms with Crippen LogP contribution in [0.25, 0.3) is 10.8 Å². The Hall–Kier alpha value is -2.32. The average Bonchev–Trinajstić information content (AvgIpc) is 2.57. The third-order valence-corrected chi connectivity index (χ3v) is 4.33. The molecule has 0 aromatic heterocycles. The lowest BCUT2D eigenvalue weighted by molar-refractivity contribution is 0.0629. The van der Waals surface area contributed by atoms with Gasteiger partial charge in [0.2, 0.25) is 0 Å². The molecule has 1 heterocycles. The van der Waals surface area contributed by atoms with Crippen LogP contribution in [0, 0.1) is 6.92 Å². The minimum absolute atomic E-state index is 0.0856. The Morgan fingerprint density at radius 1 is 0.955 bits per heavy atom. The molecule has 3 aromatic rings. The minimum atomic E-state index is -0.0856. The summed E-state index contributed by atoms with van der Waals surface area (Å²) in [7, 11) is 0. The lowest BCUT2D eigenvalue weighted by Crippen LogP contribution is -2.23. The number of anilines is 1. The van der Waals surface area contributed by atoms with E-state index in [1.54, 1.807) is 0 Å². The highest BCUT2D eigenvalue weighted by atomic mass is 16.5. The zero-order valence-corrected chi connectivity index (χ0v) is 12.7. The standard InChI is InChI=1S/C20H19NO/c1-14-6-10-17(11-7-14)21-20-19-16(12-13-22-20)9-8-15-4-2-3-5-18(15)19/h2-11,20-21H,12-13H2,1H3. The maximum atomic E-state index is 6.04. The monoisotopic (exact) mass is 289 g/mol. The molecule has 0 amide bonds. The predicted molar refractivity (Wildman–Crippen MR) is 91.1 cm³/mol. The number of nitrogens with one attached hydrogen (secondary N) is 1. The summed E-state index contributed by atoms with van der Waals surface area (Å²) in [5.41, 5.74) is 5.02. The van der Waals surface area contributed by atoms with Gasteiger partial charge in [0.05, 0.1) is 6.61 Å². The Morgan fingerprint density at radius 3 is 2.64 bits per heavy atom. The third-order valence-electron chi connectivity index (χ3n) is 4.33. The zero-order chi connectivity index (χ0) is 14.9. The van der Waals surface area contributed by atoms with Crippen LogP contribution in [0.4, 0.5) is 5.69 Å². The molecule has 0 aliphatic carbocycles. The Kier molecular flexibility index (Phi) is 3.32. The van der Waals surface area contributed by atoms with Crippen LogP contribution in [0.2, 0.25) is 0 Å². The van der Waals surface area contributed by atoms with E-state index in [1.165, 1.54) is 27.5 Å². The molecule has 1 aliphatic rings. The maximum absolute atomic E-state index is 6.04. The first kappa shape index (κ1) is 13.4. The van der Waals surface area contributed by atoms with E-state index < -0.39 is 0 Å². The van der Waals surface area contributed by atoms with E-state index in [9.17, 15) is 0 Å². The van der Waals surface area contributed by atoms with Gasteiger partial charge in [0.15, 0.2) is 6.23 Å². The van der Waals surface area contributed by atoms with Crippen LogP contribution in [-0.4, -0.2) is 6.61 Å². The SMILES string of the molecule is Cc1ccc(NC2OCCc3ccc4ccccc4c32)cc1. The van der Waals surface area contributed by atoms with E-state index in [-0.39, 0.29) is 6.23 Å². The average molecular weight is 289 g/mol. The number of rotatable bonds is 2. The van der Waals surface area contributed by atoms with Gasteiger partial charge in [-0.2, -0.15) is 0 Å². The van der Waals surface area contributed by atoms with Crippen LogP contribution in [0.1, 0.15) is 22.9 Å². The van der Waals surface area contributed by atoms with Crippen molar-refractivity contribution in [3.05, 3.63) is 77.4 Å². The van der Waals surface area contributed by atoms with Crippen molar-refractivity contribution in [3.63, 3.8) is 0 Å². The van der Waals surface area contributed by atoms with E-state index in [2.05, 4.69) is 72.9 Å². The Bertz CT molecular complexity index is 808. The molecule has 2 nitrogen and oxygen atoms in total. The van der Waals surface area contributed by atoms with Crippen molar-refractivity contribution in [1.82, 2.24) is 0 Å². The molecular formula is C20H19NO. The Morgan fingerprint density at radius 2 is 1.77 bits per heavy atom. The molecule has 1 aliphatic heterocycles. The minimum Gasteiger partial charge on any atom is -0.356 e. The fraction of sp³-hybridized carbons (Fsp3) is 0.200. The molecule has 0 spiro atoms. The van der Waals surface area contributed by atoms with Crippen LogP contribution >= 0.6 is 0 Å². The Balaban J connectivity index is 1.77. The van der Waals surface area contributed by atoms with Crippen molar-refractivity contribution in [2.24, 2.45) is 0 Å². The number of hydrogen-bond donors (Lipinski definition) is 1. The lowest BCUT2D eigenvalue weighted by atomic mass is 9.94. The van der Waals surface area contributed by atoms with Crippen LogP contribution < -0.4 is 5.32 Å². The van der Waals surface area contributed by atoms with Gasteiger partial charge in [-0.05, 0) is 41.8 Å². The fourth-order valence-corrected chi connectivity index (χ4v) is 3.15. The van der Waals surface area contributed by atoms with E-state index in [0.29, 0.717) is 0 Å². The topological polar surface area (TPSA) is 21.3 Å². The number of aryl methyl sites for hydroxylation is 1. The number of ether oxygens (including phenoxy) is 1. The number of benzene rings is 3. The quantitative estimate of drug-likeness (QED) is 0.729. The van der Waals surface area contributed by atoms with Gasteiger partial charge in [0.1, 0.15) is 0 Å². The van der Waals surface area contributed by atoms with Crippen LogP contribution in [0.3, 0.4) is 0 Å². The molecular weight excluding hydrogens is 270 g/mol. The molecule has 110 valence electrons. The van der Waals surface area contributed by atoms with Gasteiger partial charge in [0.25, 0.3) is 0 Å². The van der Waals surface area contributed by atoms with Gasteiger partial charge in [-0.1, -0.05) is 54.1 Å². The van der Waals surface area contributed by atoms with Crippen LogP contribution in [0.5, 0.6) is 0 Å². The summed E-state index contributed by atoms with van der Waals surface area (Å²) >= 11 is 0. The van der Waals surface area contributed by atoms with Gasteiger partial charge in [-0.15, -0.1) is 0 Å². The summed E-state index contributed by atoms with van der Waals surface area (Å²) in [6, 6.07) is 21.4. The second kappa shape index (κ2) is 5.47. The van der Waals surface area contributed by atoms with Gasteiger partial charge in [-0.3, -0.25) is 0 Å². The third kappa shape index (κ3) is 2.36. The van der Waals surface area contributed by atoms with E-state index in [4.69, 9.17) is 4.74 Å². The van der Waals surface area contributed by atoms with Crippen molar-refractivity contribution < 1.29 is 4.74 Å². The molecule has 0 saturated heterocycles. The first-order valence-corrected chi connectivity index (χ1v) is 7.76. The summed E-state index contributed by atoms with van der Waals surface area (Å²) in [4.78, 5) is 0. The van der Waals surface area contributed by atoms with Gasteiger partial charge in [0, 0.05) is 11.3 Å². The van der Waals surface area contributed by atoms with E-state index >= 15 is 0 Å². The number of hydrogen-bond acceptors (Lipinski definition) is 2. The zero-order valence-electron chi connectivity index (χ0n) is 12.7. The van der Waals surface area contributed by atoms with E-state index in [0.717, 1.165) is 18.7 Å². The van der Waals surface area contributed by atoms with E-state index in [1.807, 2.05) is 0 Å². The highest BCUT2D eigenvalue weighted by molar-refractivity contribution is 5.87. The largest absolute Gasteiger partial charge is 0.356 e. The van der Waals surface area contributed by atoms with Gasteiger partial charge in [-0.25, -0.2) is 0 Å². The number of fused-ring (bicyclic) bond motifs is 3. The van der Waals surface area contributed by atoms with Crippen molar-refractivity contribution in [1.29, 1.82) is 0 Å². The summed E-state index contributed by atoms with van der Waals surface area (Å²) in [6.07, 6.45) is 0.893. The maximum Gasteiger partial charge on any atom is 0.154 e. The first-order valence-electron chi connectivity index (χ1n) is 7.76. The molecule has 1 N–H and O–H groups in total. The molecule has 0 bridgehead atoms. The molecule has 0 fully saturated rings. The molecule has 4 rings (SSSR count). The molecule has 0 saturated carbocycles. The van der Waals surface area contributed by atoms with Crippen LogP contribution in [0.15, 0.2) is 60.7 Å². The second-order valence-electron chi connectivity index (χ2n) is 5.87. The van der Waals surface area contributed by atoms with Crippen molar-refractivity contribution >= 4 is 16.5 Å². The predicted octanol–water partition coefficient (Wildman–Crippen LogP) is 4.83. The van der Waals surface area contributed by atoms with Crippen molar-refractivity contribution in [2.45, 2.75) is 19.6 Å². The molecule has 22 heavy (non-hydrogen) atoms. The Labute approximate surface area is 130 Å². The smallest absolute Gasteiger partial charge is 0.154 e. The highest BCUT2D eigenvalue weighted by Crippen LogP contribution is 2.34. The van der Waals surface area contributed by atoms with Gasteiger partial charge < -0.3 is 10.1 Å². The van der Waals surface area contributed by atoms with Gasteiger partial charge >= 0.3 is 0 Å². The summed E-state index contributed by atoms with van der Waals surface area (Å²) in [6.45, 7) is 2.86. The lowest BCUT2D eigenvalue weighted by Gasteiger charge is -2.29. The molecule has 2 heteroatoms. The summed E-state index contributed by atoms with van der Waals surface area (Å²) < 4.78 is 6.04. The highest BCUT2D eigenvalue weighted by Gasteiger charge is 2.23. The second-order valence-corrected chi connectivity index (χ2v) is 5.87. The first-order chi connectivity index (χ1) is 10.8.